The van der Waals surface area contributed by atoms with E-state index in [1.807, 2.05) is 31.2 Å². The Balaban J connectivity index is 1.58. The van der Waals surface area contributed by atoms with Crippen LogP contribution in [0.2, 0.25) is 5.02 Å². The number of hydrogen-bond donors (Lipinski definition) is 2. The number of rotatable bonds is 7. The lowest BCUT2D eigenvalue weighted by Crippen LogP contribution is -2.15. The molecule has 0 aliphatic heterocycles. The number of hydrogen-bond acceptors (Lipinski definition) is 4. The zero-order valence-corrected chi connectivity index (χ0v) is 17.9. The minimum absolute atomic E-state index is 0.0875. The second-order valence-electron chi connectivity index (χ2n) is 6.29. The number of aryl methyl sites for hydroxylation is 1. The van der Waals surface area contributed by atoms with E-state index in [9.17, 15) is 13.2 Å². The van der Waals surface area contributed by atoms with Gasteiger partial charge in [0.05, 0.1) is 16.3 Å². The van der Waals surface area contributed by atoms with Gasteiger partial charge in [-0.3, -0.25) is 9.52 Å². The van der Waals surface area contributed by atoms with Gasteiger partial charge < -0.3 is 5.32 Å². The van der Waals surface area contributed by atoms with Gasteiger partial charge in [-0.2, -0.15) is 0 Å². The highest BCUT2D eigenvalue weighted by Crippen LogP contribution is 2.22. The fourth-order valence-electron chi connectivity index (χ4n) is 2.46. The van der Waals surface area contributed by atoms with E-state index in [0.29, 0.717) is 16.4 Å². The predicted octanol–water partition coefficient (Wildman–Crippen LogP) is 5.18. The maximum absolute atomic E-state index is 12.5. The first-order valence-electron chi connectivity index (χ1n) is 8.70. The summed E-state index contributed by atoms with van der Waals surface area (Å²) in [5.41, 5.74) is 2.07. The molecule has 3 aromatic rings. The molecule has 0 saturated carbocycles. The van der Waals surface area contributed by atoms with E-state index in [2.05, 4.69) is 10.0 Å². The van der Waals surface area contributed by atoms with Crippen molar-refractivity contribution in [3.63, 3.8) is 0 Å². The molecule has 0 unspecified atom stereocenters. The average molecular weight is 447 g/mol. The Bertz CT molecular complexity index is 1100. The van der Waals surface area contributed by atoms with Gasteiger partial charge in [0, 0.05) is 15.6 Å². The molecule has 150 valence electrons. The van der Waals surface area contributed by atoms with Crippen molar-refractivity contribution >= 4 is 50.7 Å². The highest BCUT2D eigenvalue weighted by atomic mass is 35.5. The first kappa shape index (κ1) is 21.2. The summed E-state index contributed by atoms with van der Waals surface area (Å²) in [6, 6.07) is 20.4. The number of amides is 1. The van der Waals surface area contributed by atoms with Crippen LogP contribution < -0.4 is 10.0 Å². The van der Waals surface area contributed by atoms with E-state index in [1.165, 1.54) is 35.5 Å². The molecule has 2 N–H and O–H groups in total. The summed E-state index contributed by atoms with van der Waals surface area (Å²) in [7, 11) is -3.75. The zero-order valence-electron chi connectivity index (χ0n) is 15.6. The van der Waals surface area contributed by atoms with Crippen molar-refractivity contribution in [1.29, 1.82) is 0 Å². The molecule has 0 spiro atoms. The second kappa shape index (κ2) is 9.35. The number of nitrogens with one attached hydrogen (secondary N) is 2. The highest BCUT2D eigenvalue weighted by Gasteiger charge is 2.14. The molecule has 0 aliphatic rings. The maximum Gasteiger partial charge on any atom is 0.261 e. The summed E-state index contributed by atoms with van der Waals surface area (Å²) in [6.45, 7) is 2.01. The number of sulfonamides is 1. The van der Waals surface area contributed by atoms with Crippen molar-refractivity contribution in [2.75, 3.05) is 15.8 Å². The Labute approximate surface area is 179 Å². The Kier molecular flexibility index (Phi) is 6.84. The van der Waals surface area contributed by atoms with Crippen LogP contribution >= 0.6 is 23.4 Å². The molecule has 5 nitrogen and oxygen atoms in total. The number of thioether (sulfide) groups is 1. The van der Waals surface area contributed by atoms with E-state index in [4.69, 9.17) is 11.6 Å². The first-order chi connectivity index (χ1) is 13.8. The van der Waals surface area contributed by atoms with E-state index in [-0.39, 0.29) is 16.6 Å². The van der Waals surface area contributed by atoms with Crippen LogP contribution in [0.15, 0.2) is 82.6 Å². The van der Waals surface area contributed by atoms with Crippen molar-refractivity contribution in [2.24, 2.45) is 0 Å². The molecule has 0 aromatic heterocycles. The number of anilines is 2. The summed E-state index contributed by atoms with van der Waals surface area (Å²) in [6.07, 6.45) is 0. The van der Waals surface area contributed by atoms with E-state index >= 15 is 0 Å². The SMILES string of the molecule is Cc1ccc(SCC(=O)Nc2ccc(S(=O)(=O)Nc3cccc(Cl)c3)cc2)cc1. The summed E-state index contributed by atoms with van der Waals surface area (Å²) in [4.78, 5) is 13.2. The van der Waals surface area contributed by atoms with E-state index in [1.54, 1.807) is 30.3 Å². The third-order valence-electron chi connectivity index (χ3n) is 3.92. The first-order valence-corrected chi connectivity index (χ1v) is 11.5. The van der Waals surface area contributed by atoms with Crippen molar-refractivity contribution in [1.82, 2.24) is 0 Å². The fourth-order valence-corrected chi connectivity index (χ4v) is 4.40. The monoisotopic (exact) mass is 446 g/mol. The number of benzene rings is 3. The Morgan fingerprint density at radius 2 is 1.66 bits per heavy atom. The van der Waals surface area contributed by atoms with Gasteiger partial charge in [0.25, 0.3) is 10.0 Å². The number of halogens is 1. The van der Waals surface area contributed by atoms with Gasteiger partial charge in [-0.15, -0.1) is 11.8 Å². The van der Waals surface area contributed by atoms with Crippen molar-refractivity contribution in [3.8, 4) is 0 Å². The van der Waals surface area contributed by atoms with Gasteiger partial charge >= 0.3 is 0 Å². The Morgan fingerprint density at radius 1 is 0.966 bits per heavy atom. The van der Waals surface area contributed by atoms with Crippen LogP contribution in [0.25, 0.3) is 0 Å². The summed E-state index contributed by atoms with van der Waals surface area (Å²) >= 11 is 7.32. The van der Waals surface area contributed by atoms with Gasteiger partial charge in [0.2, 0.25) is 5.91 Å². The second-order valence-corrected chi connectivity index (χ2v) is 9.46. The average Bonchev–Trinajstić information content (AvgIpc) is 2.68. The molecule has 0 heterocycles. The standard InChI is InChI=1S/C21H19ClN2O3S2/c1-15-5-9-19(10-6-15)28-14-21(25)23-17-7-11-20(12-8-17)29(26,27)24-18-4-2-3-16(22)13-18/h2-13,24H,14H2,1H3,(H,23,25). The van der Waals surface area contributed by atoms with Crippen LogP contribution in [0.1, 0.15) is 5.56 Å². The normalized spacial score (nSPS) is 11.1. The lowest BCUT2D eigenvalue weighted by atomic mass is 10.2. The molecule has 0 bridgehead atoms. The zero-order chi connectivity index (χ0) is 20.9. The minimum Gasteiger partial charge on any atom is -0.325 e. The topological polar surface area (TPSA) is 75.3 Å². The molecule has 0 aliphatic carbocycles. The van der Waals surface area contributed by atoms with Gasteiger partial charge in [0.15, 0.2) is 0 Å². The quantitative estimate of drug-likeness (QED) is 0.490. The van der Waals surface area contributed by atoms with Gasteiger partial charge in [-0.05, 0) is 61.5 Å². The highest BCUT2D eigenvalue weighted by molar-refractivity contribution is 8.00. The van der Waals surface area contributed by atoms with Crippen molar-refractivity contribution in [2.45, 2.75) is 16.7 Å². The van der Waals surface area contributed by atoms with E-state index in [0.717, 1.165) is 4.90 Å². The van der Waals surface area contributed by atoms with Crippen LogP contribution in [-0.4, -0.2) is 20.1 Å². The number of carbonyl (C=O) groups excluding carboxylic acids is 1. The van der Waals surface area contributed by atoms with Crippen LogP contribution in [0, 0.1) is 6.92 Å². The molecule has 0 radical (unpaired) electrons. The van der Waals surface area contributed by atoms with Gasteiger partial charge in [-0.25, -0.2) is 8.42 Å². The molecular formula is C21H19ClN2O3S2. The fraction of sp³-hybridized carbons (Fsp3) is 0.0952. The lowest BCUT2D eigenvalue weighted by Gasteiger charge is -2.10. The molecule has 0 atom stereocenters. The summed E-state index contributed by atoms with van der Waals surface area (Å²) in [5.74, 6) is 0.0997. The third-order valence-corrected chi connectivity index (χ3v) is 6.56. The number of carbonyl (C=O) groups is 1. The predicted molar refractivity (Wildman–Crippen MR) is 119 cm³/mol. The maximum atomic E-state index is 12.5. The largest absolute Gasteiger partial charge is 0.325 e. The van der Waals surface area contributed by atoms with Crippen LogP contribution in [0.4, 0.5) is 11.4 Å². The molecular weight excluding hydrogens is 428 g/mol. The van der Waals surface area contributed by atoms with Gasteiger partial charge in [0.1, 0.15) is 0 Å². The van der Waals surface area contributed by atoms with Crippen LogP contribution in [-0.2, 0) is 14.8 Å². The van der Waals surface area contributed by atoms with Crippen LogP contribution in [0.3, 0.4) is 0 Å². The molecule has 0 fully saturated rings. The van der Waals surface area contributed by atoms with E-state index < -0.39 is 10.0 Å². The summed E-state index contributed by atoms with van der Waals surface area (Å²) < 4.78 is 27.4. The Morgan fingerprint density at radius 3 is 2.31 bits per heavy atom. The third kappa shape index (κ3) is 6.25. The summed E-state index contributed by atoms with van der Waals surface area (Å²) in [5, 5.41) is 3.20. The minimum atomic E-state index is -3.75. The molecule has 3 rings (SSSR count). The molecule has 29 heavy (non-hydrogen) atoms. The van der Waals surface area contributed by atoms with Gasteiger partial charge in [-0.1, -0.05) is 35.4 Å². The van der Waals surface area contributed by atoms with Crippen molar-refractivity contribution < 1.29 is 13.2 Å². The lowest BCUT2D eigenvalue weighted by molar-refractivity contribution is -0.113. The van der Waals surface area contributed by atoms with Crippen LogP contribution in [0.5, 0.6) is 0 Å². The Hall–Kier alpha value is -2.48. The molecule has 0 saturated heterocycles. The van der Waals surface area contributed by atoms with Crippen molar-refractivity contribution in [3.05, 3.63) is 83.4 Å². The molecule has 8 heteroatoms. The molecule has 1 amide bonds. The molecule has 3 aromatic carbocycles. The smallest absolute Gasteiger partial charge is 0.261 e.